The van der Waals surface area contributed by atoms with Gasteiger partial charge in [-0.15, -0.1) is 0 Å². The van der Waals surface area contributed by atoms with Gasteiger partial charge in [-0.25, -0.2) is 0 Å². The maximum absolute atomic E-state index is 12.3. The number of carbonyl (C=O) groups excluding carboxylic acids is 2. The number of hydrogen-bond acceptors (Lipinski definition) is 3. The Hall–Kier alpha value is -1.10. The molecule has 114 valence electrons. The minimum atomic E-state index is -0.282. The van der Waals surface area contributed by atoms with Gasteiger partial charge in [0, 0.05) is 12.0 Å². The van der Waals surface area contributed by atoms with Crippen molar-refractivity contribution in [3.8, 4) is 0 Å². The van der Waals surface area contributed by atoms with Gasteiger partial charge in [0.2, 0.25) is 11.8 Å². The summed E-state index contributed by atoms with van der Waals surface area (Å²) in [6, 6.07) is 0.163. The van der Waals surface area contributed by atoms with Crippen LogP contribution in [0, 0.1) is 5.92 Å². The zero-order chi connectivity index (χ0) is 14.5. The average Bonchev–Trinajstić information content (AvgIpc) is 2.47. The van der Waals surface area contributed by atoms with Crippen LogP contribution in [0.15, 0.2) is 0 Å². The summed E-state index contributed by atoms with van der Waals surface area (Å²) >= 11 is 0. The van der Waals surface area contributed by atoms with Crippen LogP contribution in [-0.2, 0) is 9.59 Å². The standard InChI is InChI=1S/C15H27N3O2/c1-11(14(16)19)18-9-7-12(8-10-18)15(20)17-13-5-3-2-4-6-13/h11-13H,2-10H2,1H3,(H2,16,19)(H,17,20). The maximum atomic E-state index is 12.3. The third-order valence-corrected chi connectivity index (χ3v) is 4.81. The Morgan fingerprint density at radius 3 is 2.25 bits per heavy atom. The van der Waals surface area contributed by atoms with Gasteiger partial charge in [0.15, 0.2) is 0 Å². The van der Waals surface area contributed by atoms with Gasteiger partial charge in [0.1, 0.15) is 0 Å². The van der Waals surface area contributed by atoms with E-state index < -0.39 is 0 Å². The van der Waals surface area contributed by atoms with Gasteiger partial charge in [0.25, 0.3) is 0 Å². The van der Waals surface area contributed by atoms with Crippen LogP contribution in [0.2, 0.25) is 0 Å². The molecule has 1 unspecified atom stereocenters. The van der Waals surface area contributed by atoms with E-state index in [0.29, 0.717) is 6.04 Å². The highest BCUT2D eigenvalue weighted by Crippen LogP contribution is 2.22. The maximum Gasteiger partial charge on any atom is 0.234 e. The largest absolute Gasteiger partial charge is 0.368 e. The first-order valence-corrected chi connectivity index (χ1v) is 7.91. The molecule has 1 atom stereocenters. The molecule has 2 rings (SSSR count). The highest BCUT2D eigenvalue weighted by molar-refractivity contribution is 5.80. The second kappa shape index (κ2) is 7.07. The van der Waals surface area contributed by atoms with Crippen molar-refractivity contribution in [2.45, 2.75) is 64.0 Å². The summed E-state index contributed by atoms with van der Waals surface area (Å²) in [5.74, 6) is 0.0339. The highest BCUT2D eigenvalue weighted by Gasteiger charge is 2.29. The predicted octanol–water partition coefficient (Wildman–Crippen LogP) is 1.02. The lowest BCUT2D eigenvalue weighted by atomic mass is 9.92. The van der Waals surface area contributed by atoms with E-state index in [1.54, 1.807) is 0 Å². The van der Waals surface area contributed by atoms with Crippen molar-refractivity contribution in [2.75, 3.05) is 13.1 Å². The molecule has 5 nitrogen and oxygen atoms in total. The van der Waals surface area contributed by atoms with Gasteiger partial charge in [-0.2, -0.15) is 0 Å². The van der Waals surface area contributed by atoms with Crippen LogP contribution in [0.1, 0.15) is 51.9 Å². The van der Waals surface area contributed by atoms with Crippen LogP contribution in [-0.4, -0.2) is 41.9 Å². The molecule has 0 aromatic carbocycles. The third kappa shape index (κ3) is 3.95. The Kier molecular flexibility index (Phi) is 5.40. The molecule has 5 heteroatoms. The Bertz CT molecular complexity index is 345. The van der Waals surface area contributed by atoms with E-state index in [2.05, 4.69) is 10.2 Å². The highest BCUT2D eigenvalue weighted by atomic mass is 16.2. The van der Waals surface area contributed by atoms with Gasteiger partial charge < -0.3 is 11.1 Å². The number of rotatable bonds is 4. The van der Waals surface area contributed by atoms with Gasteiger partial charge in [0.05, 0.1) is 6.04 Å². The van der Waals surface area contributed by atoms with Crippen molar-refractivity contribution in [2.24, 2.45) is 11.7 Å². The number of amides is 2. The van der Waals surface area contributed by atoms with Gasteiger partial charge in [-0.05, 0) is 45.7 Å². The smallest absolute Gasteiger partial charge is 0.234 e. The predicted molar refractivity (Wildman–Crippen MR) is 78.0 cm³/mol. The number of carbonyl (C=O) groups is 2. The van der Waals surface area contributed by atoms with Crippen LogP contribution in [0.25, 0.3) is 0 Å². The first-order valence-electron chi connectivity index (χ1n) is 7.91. The number of nitrogens with two attached hydrogens (primary N) is 1. The second-order valence-electron chi connectivity index (χ2n) is 6.23. The van der Waals surface area contributed by atoms with Crippen LogP contribution in [0.4, 0.5) is 0 Å². The zero-order valence-electron chi connectivity index (χ0n) is 12.4. The zero-order valence-corrected chi connectivity index (χ0v) is 12.4. The molecular formula is C15H27N3O2. The molecule has 3 N–H and O–H groups in total. The lowest BCUT2D eigenvalue weighted by Gasteiger charge is -2.35. The monoisotopic (exact) mass is 281 g/mol. The summed E-state index contributed by atoms with van der Waals surface area (Å²) in [6.45, 7) is 3.41. The number of nitrogens with one attached hydrogen (secondary N) is 1. The molecule has 0 spiro atoms. The summed E-state index contributed by atoms with van der Waals surface area (Å²) in [6.07, 6.45) is 7.69. The number of primary amides is 1. The number of nitrogens with zero attached hydrogens (tertiary/aromatic N) is 1. The van der Waals surface area contributed by atoms with Crippen molar-refractivity contribution in [3.05, 3.63) is 0 Å². The van der Waals surface area contributed by atoms with Crippen LogP contribution >= 0.6 is 0 Å². The van der Waals surface area contributed by atoms with Crippen molar-refractivity contribution < 1.29 is 9.59 Å². The van der Waals surface area contributed by atoms with E-state index in [4.69, 9.17) is 5.73 Å². The molecular weight excluding hydrogens is 254 g/mol. The lowest BCUT2D eigenvalue weighted by molar-refractivity contribution is -0.128. The molecule has 2 aliphatic rings. The fourth-order valence-electron chi connectivity index (χ4n) is 3.29. The van der Waals surface area contributed by atoms with E-state index in [9.17, 15) is 9.59 Å². The molecule has 1 heterocycles. The first kappa shape index (κ1) is 15.3. The lowest BCUT2D eigenvalue weighted by Crippen LogP contribution is -2.49. The summed E-state index contributed by atoms with van der Waals surface area (Å²) in [5, 5.41) is 3.21. The quantitative estimate of drug-likeness (QED) is 0.808. The van der Waals surface area contributed by atoms with E-state index in [0.717, 1.165) is 38.8 Å². The summed E-state index contributed by atoms with van der Waals surface area (Å²) in [5.41, 5.74) is 5.33. The SMILES string of the molecule is CC(C(N)=O)N1CCC(C(=O)NC2CCCCC2)CC1. The Morgan fingerprint density at radius 1 is 1.10 bits per heavy atom. The third-order valence-electron chi connectivity index (χ3n) is 4.81. The van der Waals surface area contributed by atoms with Crippen molar-refractivity contribution in [3.63, 3.8) is 0 Å². The molecule has 20 heavy (non-hydrogen) atoms. The van der Waals surface area contributed by atoms with Crippen molar-refractivity contribution in [1.29, 1.82) is 0 Å². The first-order chi connectivity index (χ1) is 9.58. The fraction of sp³-hybridized carbons (Fsp3) is 0.867. The average molecular weight is 281 g/mol. The van der Waals surface area contributed by atoms with E-state index in [-0.39, 0.29) is 23.8 Å². The van der Waals surface area contributed by atoms with Gasteiger partial charge in [-0.3, -0.25) is 14.5 Å². The van der Waals surface area contributed by atoms with Gasteiger partial charge >= 0.3 is 0 Å². The number of hydrogen-bond donors (Lipinski definition) is 2. The molecule has 1 saturated heterocycles. The minimum Gasteiger partial charge on any atom is -0.368 e. The molecule has 0 aromatic heterocycles. The Balaban J connectivity index is 1.75. The Labute approximate surface area is 121 Å². The molecule has 1 saturated carbocycles. The molecule has 0 aromatic rings. The van der Waals surface area contributed by atoms with E-state index in [1.165, 1.54) is 19.3 Å². The number of piperidine rings is 1. The topological polar surface area (TPSA) is 75.4 Å². The molecule has 1 aliphatic heterocycles. The fourth-order valence-corrected chi connectivity index (χ4v) is 3.29. The minimum absolute atomic E-state index is 0.105. The molecule has 0 bridgehead atoms. The van der Waals surface area contributed by atoms with Crippen molar-refractivity contribution in [1.82, 2.24) is 10.2 Å². The van der Waals surface area contributed by atoms with E-state index in [1.807, 2.05) is 6.92 Å². The normalized spacial score (nSPS) is 24.2. The summed E-state index contributed by atoms with van der Waals surface area (Å²) < 4.78 is 0. The molecule has 2 amide bonds. The number of likely N-dealkylation sites (tertiary alicyclic amines) is 1. The second-order valence-corrected chi connectivity index (χ2v) is 6.23. The molecule has 1 aliphatic carbocycles. The van der Waals surface area contributed by atoms with E-state index >= 15 is 0 Å². The van der Waals surface area contributed by atoms with Gasteiger partial charge in [-0.1, -0.05) is 19.3 Å². The summed E-state index contributed by atoms with van der Waals surface area (Å²) in [7, 11) is 0. The van der Waals surface area contributed by atoms with Crippen LogP contribution < -0.4 is 11.1 Å². The Morgan fingerprint density at radius 2 is 1.70 bits per heavy atom. The van der Waals surface area contributed by atoms with Crippen LogP contribution in [0.3, 0.4) is 0 Å². The molecule has 0 radical (unpaired) electrons. The molecule has 2 fully saturated rings. The van der Waals surface area contributed by atoms with Crippen LogP contribution in [0.5, 0.6) is 0 Å². The summed E-state index contributed by atoms with van der Waals surface area (Å²) in [4.78, 5) is 25.5. The van der Waals surface area contributed by atoms with Crippen molar-refractivity contribution >= 4 is 11.8 Å².